The summed E-state index contributed by atoms with van der Waals surface area (Å²) in [5.74, 6) is -0.997. The Balaban J connectivity index is 3.11. The maximum absolute atomic E-state index is 10.9. The van der Waals surface area contributed by atoms with Crippen molar-refractivity contribution in [2.75, 3.05) is 0 Å². The van der Waals surface area contributed by atoms with E-state index in [4.69, 9.17) is 16.7 Å². The molecule has 0 aliphatic carbocycles. The number of alkyl halides is 1. The molecule has 0 aromatic heterocycles. The number of carboxylic acid groups (broad SMARTS) is 1. The highest BCUT2D eigenvalue weighted by molar-refractivity contribution is 6.33. The number of carbonyl (C=O) groups is 1. The second-order valence-electron chi connectivity index (χ2n) is 2.83. The van der Waals surface area contributed by atoms with Crippen molar-refractivity contribution in [3.8, 4) is 0 Å². The number of hydrogen-bond acceptors (Lipinski definition) is 1. The third-order valence-electron chi connectivity index (χ3n) is 2.06. The Kier molecular flexibility index (Phi) is 2.94. The lowest BCUT2D eigenvalue weighted by atomic mass is 9.96. The van der Waals surface area contributed by atoms with Crippen LogP contribution >= 0.6 is 11.6 Å². The van der Waals surface area contributed by atoms with Gasteiger partial charge in [0.2, 0.25) is 0 Å². The topological polar surface area (TPSA) is 37.3 Å². The number of carboxylic acids is 1. The highest BCUT2D eigenvalue weighted by Gasteiger charge is 2.35. The molecule has 1 rings (SSSR count). The van der Waals surface area contributed by atoms with Crippen LogP contribution < -0.4 is 0 Å². The SMILES string of the molecule is CCC(Cl)(C(=O)O)c1ccccc1. The smallest absolute Gasteiger partial charge is 0.329 e. The molecule has 0 saturated heterocycles. The maximum Gasteiger partial charge on any atom is 0.329 e. The second-order valence-corrected chi connectivity index (χ2v) is 3.47. The summed E-state index contributed by atoms with van der Waals surface area (Å²) in [6.07, 6.45) is 0.369. The molecule has 0 bridgehead atoms. The molecule has 0 fully saturated rings. The first kappa shape index (κ1) is 10.1. The number of aliphatic carboxylic acids is 1. The first-order chi connectivity index (χ1) is 6.11. The summed E-state index contributed by atoms with van der Waals surface area (Å²) in [6.45, 7) is 1.76. The van der Waals surface area contributed by atoms with Crippen molar-refractivity contribution in [3.05, 3.63) is 35.9 Å². The minimum atomic E-state index is -1.28. The van der Waals surface area contributed by atoms with Gasteiger partial charge in [0.25, 0.3) is 0 Å². The predicted molar refractivity (Wildman–Crippen MR) is 51.9 cm³/mol. The minimum Gasteiger partial charge on any atom is -0.480 e. The fourth-order valence-electron chi connectivity index (χ4n) is 1.18. The van der Waals surface area contributed by atoms with Crippen LogP contribution in [0.1, 0.15) is 18.9 Å². The Hall–Kier alpha value is -1.02. The molecule has 0 saturated carbocycles. The van der Waals surface area contributed by atoms with Crippen LogP contribution in [-0.2, 0) is 9.67 Å². The molecule has 13 heavy (non-hydrogen) atoms. The minimum absolute atomic E-state index is 0.369. The number of hydrogen-bond donors (Lipinski definition) is 1. The van der Waals surface area contributed by atoms with E-state index in [2.05, 4.69) is 0 Å². The molecule has 3 heteroatoms. The average molecular weight is 199 g/mol. The van der Waals surface area contributed by atoms with E-state index in [0.29, 0.717) is 12.0 Å². The standard InChI is InChI=1S/C10H11ClO2/c1-2-10(11,9(12)13)8-6-4-3-5-7-8/h3-7H,2H2,1H3,(H,12,13). The van der Waals surface area contributed by atoms with Gasteiger partial charge in [0.15, 0.2) is 4.87 Å². The van der Waals surface area contributed by atoms with Crippen LogP contribution in [0.15, 0.2) is 30.3 Å². The van der Waals surface area contributed by atoms with Crippen LogP contribution in [0.25, 0.3) is 0 Å². The highest BCUT2D eigenvalue weighted by Crippen LogP contribution is 2.32. The van der Waals surface area contributed by atoms with E-state index in [1.807, 2.05) is 6.07 Å². The quantitative estimate of drug-likeness (QED) is 0.759. The molecule has 0 heterocycles. The summed E-state index contributed by atoms with van der Waals surface area (Å²) in [7, 11) is 0. The lowest BCUT2D eigenvalue weighted by Crippen LogP contribution is -2.28. The number of halogens is 1. The molecule has 0 aliphatic rings. The van der Waals surface area contributed by atoms with Gasteiger partial charge in [0, 0.05) is 0 Å². The van der Waals surface area contributed by atoms with Crippen molar-refractivity contribution in [3.63, 3.8) is 0 Å². The van der Waals surface area contributed by atoms with Crippen molar-refractivity contribution in [2.45, 2.75) is 18.2 Å². The van der Waals surface area contributed by atoms with Crippen LogP contribution in [0.4, 0.5) is 0 Å². The zero-order chi connectivity index (χ0) is 9.90. The lowest BCUT2D eigenvalue weighted by molar-refractivity contribution is -0.140. The van der Waals surface area contributed by atoms with Gasteiger partial charge in [-0.1, -0.05) is 37.3 Å². The van der Waals surface area contributed by atoms with E-state index < -0.39 is 10.8 Å². The van der Waals surface area contributed by atoms with Crippen LogP contribution in [0.3, 0.4) is 0 Å². The van der Waals surface area contributed by atoms with Gasteiger partial charge in [-0.05, 0) is 12.0 Å². The number of rotatable bonds is 3. The van der Waals surface area contributed by atoms with Crippen molar-refractivity contribution in [1.82, 2.24) is 0 Å². The normalized spacial score (nSPS) is 14.9. The summed E-state index contributed by atoms with van der Waals surface area (Å²) in [6, 6.07) is 8.85. The predicted octanol–water partition coefficient (Wildman–Crippen LogP) is 2.62. The molecule has 0 aliphatic heterocycles. The third kappa shape index (κ3) is 1.83. The average Bonchev–Trinajstić information content (AvgIpc) is 2.17. The summed E-state index contributed by atoms with van der Waals surface area (Å²) in [4.78, 5) is 9.64. The molecule has 1 aromatic carbocycles. The summed E-state index contributed by atoms with van der Waals surface area (Å²) >= 11 is 5.98. The van der Waals surface area contributed by atoms with Gasteiger partial charge in [0.05, 0.1) is 0 Å². The van der Waals surface area contributed by atoms with Gasteiger partial charge in [-0.25, -0.2) is 4.79 Å². The van der Waals surface area contributed by atoms with Gasteiger partial charge in [-0.3, -0.25) is 0 Å². The van der Waals surface area contributed by atoms with Gasteiger partial charge in [-0.15, -0.1) is 11.6 Å². The zero-order valence-electron chi connectivity index (χ0n) is 7.33. The summed E-state index contributed by atoms with van der Waals surface area (Å²) in [5, 5.41) is 8.95. The molecular formula is C10H11ClO2. The van der Waals surface area contributed by atoms with Crippen molar-refractivity contribution in [1.29, 1.82) is 0 Å². The Morgan fingerprint density at radius 3 is 2.38 bits per heavy atom. The van der Waals surface area contributed by atoms with Gasteiger partial charge in [-0.2, -0.15) is 0 Å². The maximum atomic E-state index is 10.9. The van der Waals surface area contributed by atoms with Gasteiger partial charge < -0.3 is 5.11 Å². The van der Waals surface area contributed by atoms with Crippen molar-refractivity contribution >= 4 is 17.6 Å². The molecule has 70 valence electrons. The Morgan fingerprint density at radius 1 is 1.46 bits per heavy atom. The molecule has 1 unspecified atom stereocenters. The van der Waals surface area contributed by atoms with Gasteiger partial charge >= 0.3 is 5.97 Å². The monoisotopic (exact) mass is 198 g/mol. The van der Waals surface area contributed by atoms with E-state index in [1.54, 1.807) is 31.2 Å². The van der Waals surface area contributed by atoms with E-state index in [9.17, 15) is 4.79 Å². The molecule has 2 nitrogen and oxygen atoms in total. The second kappa shape index (κ2) is 3.79. The van der Waals surface area contributed by atoms with Crippen LogP contribution in [0.2, 0.25) is 0 Å². The fraction of sp³-hybridized carbons (Fsp3) is 0.300. The molecular weight excluding hydrogens is 188 g/mol. The van der Waals surface area contributed by atoms with E-state index >= 15 is 0 Å². The molecule has 1 atom stereocenters. The highest BCUT2D eigenvalue weighted by atomic mass is 35.5. The lowest BCUT2D eigenvalue weighted by Gasteiger charge is -2.20. The van der Waals surface area contributed by atoms with Crippen LogP contribution in [0.5, 0.6) is 0 Å². The Morgan fingerprint density at radius 2 is 2.00 bits per heavy atom. The molecule has 1 aromatic rings. The van der Waals surface area contributed by atoms with E-state index in [-0.39, 0.29) is 0 Å². The summed E-state index contributed by atoms with van der Waals surface area (Å²) in [5.41, 5.74) is 0.631. The summed E-state index contributed by atoms with van der Waals surface area (Å²) < 4.78 is 0. The Labute approximate surface area is 82.2 Å². The molecule has 0 radical (unpaired) electrons. The zero-order valence-corrected chi connectivity index (χ0v) is 8.08. The first-order valence-corrected chi connectivity index (χ1v) is 4.47. The first-order valence-electron chi connectivity index (χ1n) is 4.09. The molecule has 1 N–H and O–H groups in total. The fourth-order valence-corrected chi connectivity index (χ4v) is 1.31. The number of benzene rings is 1. The van der Waals surface area contributed by atoms with Crippen molar-refractivity contribution < 1.29 is 9.90 Å². The molecule has 0 spiro atoms. The molecule has 0 amide bonds. The van der Waals surface area contributed by atoms with Crippen LogP contribution in [0, 0.1) is 0 Å². The van der Waals surface area contributed by atoms with Crippen molar-refractivity contribution in [2.24, 2.45) is 0 Å². The third-order valence-corrected chi connectivity index (χ3v) is 2.70. The largest absolute Gasteiger partial charge is 0.480 e. The Bertz CT molecular complexity index is 297. The van der Waals surface area contributed by atoms with E-state index in [0.717, 1.165) is 0 Å². The van der Waals surface area contributed by atoms with E-state index in [1.165, 1.54) is 0 Å². The van der Waals surface area contributed by atoms with Gasteiger partial charge in [0.1, 0.15) is 0 Å². The van der Waals surface area contributed by atoms with Crippen LogP contribution in [-0.4, -0.2) is 11.1 Å².